The van der Waals surface area contributed by atoms with E-state index in [-0.39, 0.29) is 0 Å². The molecule has 3 nitrogen and oxygen atoms in total. The third-order valence-electron chi connectivity index (χ3n) is 3.88. The molecule has 2 rings (SSSR count). The van der Waals surface area contributed by atoms with E-state index in [0.29, 0.717) is 0 Å². The average molecular weight is 293 g/mol. The first-order chi connectivity index (χ1) is 9.83. The van der Waals surface area contributed by atoms with Crippen molar-refractivity contribution in [2.45, 2.75) is 52.5 Å². The van der Waals surface area contributed by atoms with Crippen LogP contribution in [-0.2, 0) is 6.54 Å². The first kappa shape index (κ1) is 15.5. The van der Waals surface area contributed by atoms with E-state index in [9.17, 15) is 0 Å². The van der Waals surface area contributed by atoms with Crippen LogP contribution in [0.4, 0.5) is 5.13 Å². The molecule has 0 atom stereocenters. The summed E-state index contributed by atoms with van der Waals surface area (Å²) in [7, 11) is 0. The van der Waals surface area contributed by atoms with Gasteiger partial charge in [-0.15, -0.1) is 11.3 Å². The zero-order valence-electron chi connectivity index (χ0n) is 12.8. The molecule has 0 aliphatic heterocycles. The van der Waals surface area contributed by atoms with Crippen LogP contribution in [0.3, 0.4) is 0 Å². The number of thiazole rings is 1. The predicted molar refractivity (Wildman–Crippen MR) is 88.5 cm³/mol. The molecule has 1 aliphatic rings. The normalized spacial score (nSPS) is 15.2. The maximum atomic E-state index is 4.52. The molecule has 4 heteroatoms. The van der Waals surface area contributed by atoms with Crippen LogP contribution in [0.15, 0.2) is 17.8 Å². The van der Waals surface area contributed by atoms with Gasteiger partial charge < -0.3 is 10.2 Å². The number of anilines is 1. The lowest BCUT2D eigenvalue weighted by molar-refractivity contribution is 0.634. The molecular weight excluding hydrogens is 266 g/mol. The fourth-order valence-corrected chi connectivity index (χ4v) is 3.62. The molecule has 0 aromatic carbocycles. The van der Waals surface area contributed by atoms with Gasteiger partial charge >= 0.3 is 0 Å². The molecule has 1 aromatic rings. The zero-order valence-corrected chi connectivity index (χ0v) is 13.6. The number of hydrogen-bond donors (Lipinski definition) is 1. The highest BCUT2D eigenvalue weighted by Gasteiger charge is 2.07. The molecule has 0 radical (unpaired) electrons. The van der Waals surface area contributed by atoms with Gasteiger partial charge in [0.1, 0.15) is 0 Å². The van der Waals surface area contributed by atoms with Gasteiger partial charge in [-0.1, -0.05) is 11.6 Å². The lowest BCUT2D eigenvalue weighted by Crippen LogP contribution is -2.21. The SMILES string of the molecule is CCN(CC)c1ncc(CNCCC2=CCCCC2)s1. The van der Waals surface area contributed by atoms with Crippen LogP contribution in [0.2, 0.25) is 0 Å². The number of allylic oxidation sites excluding steroid dienone is 1. The Bertz CT molecular complexity index is 421. The summed E-state index contributed by atoms with van der Waals surface area (Å²) < 4.78 is 0. The summed E-state index contributed by atoms with van der Waals surface area (Å²) >= 11 is 1.81. The summed E-state index contributed by atoms with van der Waals surface area (Å²) in [5.74, 6) is 0. The molecule has 112 valence electrons. The van der Waals surface area contributed by atoms with Crippen molar-refractivity contribution >= 4 is 16.5 Å². The highest BCUT2D eigenvalue weighted by Crippen LogP contribution is 2.22. The topological polar surface area (TPSA) is 28.2 Å². The van der Waals surface area contributed by atoms with E-state index in [1.165, 1.54) is 37.0 Å². The minimum Gasteiger partial charge on any atom is -0.349 e. The summed E-state index contributed by atoms with van der Waals surface area (Å²) in [5, 5.41) is 4.70. The molecule has 0 unspecified atom stereocenters. The lowest BCUT2D eigenvalue weighted by atomic mass is 9.97. The van der Waals surface area contributed by atoms with Crippen LogP contribution in [0, 0.1) is 0 Å². The minimum absolute atomic E-state index is 0.951. The fraction of sp³-hybridized carbons (Fsp3) is 0.688. The summed E-state index contributed by atoms with van der Waals surface area (Å²) in [6, 6.07) is 0. The standard InChI is InChI=1S/C16H27N3S/c1-3-19(4-2)16-18-13-15(20-16)12-17-11-10-14-8-6-5-7-9-14/h8,13,17H,3-7,9-12H2,1-2H3. The van der Waals surface area contributed by atoms with Gasteiger partial charge in [0, 0.05) is 30.7 Å². The zero-order chi connectivity index (χ0) is 14.2. The highest BCUT2D eigenvalue weighted by molar-refractivity contribution is 7.15. The van der Waals surface area contributed by atoms with Crippen molar-refractivity contribution in [2.24, 2.45) is 0 Å². The molecule has 0 bridgehead atoms. The molecule has 1 heterocycles. The van der Waals surface area contributed by atoms with Crippen molar-refractivity contribution in [3.05, 3.63) is 22.7 Å². The Morgan fingerprint density at radius 1 is 1.30 bits per heavy atom. The van der Waals surface area contributed by atoms with E-state index in [1.54, 1.807) is 5.57 Å². The molecule has 0 saturated heterocycles. The fourth-order valence-electron chi connectivity index (χ4n) is 2.61. The van der Waals surface area contributed by atoms with Gasteiger partial charge in [0.25, 0.3) is 0 Å². The van der Waals surface area contributed by atoms with Gasteiger partial charge in [0.15, 0.2) is 5.13 Å². The third-order valence-corrected chi connectivity index (χ3v) is 4.94. The molecular formula is C16H27N3S. The molecule has 0 amide bonds. The van der Waals surface area contributed by atoms with Gasteiger partial charge in [0.2, 0.25) is 0 Å². The monoisotopic (exact) mass is 293 g/mol. The van der Waals surface area contributed by atoms with E-state index >= 15 is 0 Å². The summed E-state index contributed by atoms with van der Waals surface area (Å²) in [6.07, 6.45) is 11.0. The second-order valence-electron chi connectivity index (χ2n) is 5.32. The Labute approximate surface area is 127 Å². The predicted octanol–water partition coefficient (Wildman–Crippen LogP) is 3.97. The molecule has 0 saturated carbocycles. The van der Waals surface area contributed by atoms with Crippen LogP contribution in [-0.4, -0.2) is 24.6 Å². The first-order valence-electron chi connectivity index (χ1n) is 7.91. The number of rotatable bonds is 8. The van der Waals surface area contributed by atoms with E-state index in [4.69, 9.17) is 0 Å². The van der Waals surface area contributed by atoms with Crippen LogP contribution in [0.25, 0.3) is 0 Å². The minimum atomic E-state index is 0.951. The number of hydrogen-bond acceptors (Lipinski definition) is 4. The van der Waals surface area contributed by atoms with Crippen LogP contribution < -0.4 is 10.2 Å². The summed E-state index contributed by atoms with van der Waals surface area (Å²) in [4.78, 5) is 8.16. The Kier molecular flexibility index (Phi) is 6.54. The smallest absolute Gasteiger partial charge is 0.185 e. The second-order valence-corrected chi connectivity index (χ2v) is 6.41. The van der Waals surface area contributed by atoms with Gasteiger partial charge in [-0.05, 0) is 52.5 Å². The maximum absolute atomic E-state index is 4.52. The van der Waals surface area contributed by atoms with Gasteiger partial charge in [0.05, 0.1) is 0 Å². The van der Waals surface area contributed by atoms with E-state index in [2.05, 4.69) is 35.1 Å². The molecule has 0 fully saturated rings. The third kappa shape index (κ3) is 4.60. The highest BCUT2D eigenvalue weighted by atomic mass is 32.1. The van der Waals surface area contributed by atoms with Gasteiger partial charge in [-0.25, -0.2) is 4.98 Å². The summed E-state index contributed by atoms with van der Waals surface area (Å²) in [6.45, 7) is 8.47. The summed E-state index contributed by atoms with van der Waals surface area (Å²) in [5.41, 5.74) is 1.65. The van der Waals surface area contributed by atoms with Crippen LogP contribution in [0.1, 0.15) is 50.8 Å². The molecule has 0 spiro atoms. The van der Waals surface area contributed by atoms with Crippen LogP contribution in [0.5, 0.6) is 0 Å². The van der Waals surface area contributed by atoms with Crippen molar-refractivity contribution in [3.8, 4) is 0 Å². The second kappa shape index (κ2) is 8.42. The Hall–Kier alpha value is -0.870. The molecule has 20 heavy (non-hydrogen) atoms. The first-order valence-corrected chi connectivity index (χ1v) is 8.73. The largest absolute Gasteiger partial charge is 0.349 e. The number of nitrogens with one attached hydrogen (secondary N) is 1. The van der Waals surface area contributed by atoms with Crippen molar-refractivity contribution in [1.82, 2.24) is 10.3 Å². The lowest BCUT2D eigenvalue weighted by Gasteiger charge is -2.16. The average Bonchev–Trinajstić information content (AvgIpc) is 2.95. The van der Waals surface area contributed by atoms with E-state index in [1.807, 2.05) is 17.5 Å². The Balaban J connectivity index is 1.70. The van der Waals surface area contributed by atoms with Crippen molar-refractivity contribution in [2.75, 3.05) is 24.5 Å². The molecule has 1 aromatic heterocycles. The molecule has 1 N–H and O–H groups in total. The van der Waals surface area contributed by atoms with Crippen molar-refractivity contribution in [1.29, 1.82) is 0 Å². The van der Waals surface area contributed by atoms with Crippen molar-refractivity contribution < 1.29 is 0 Å². The van der Waals surface area contributed by atoms with Crippen molar-refractivity contribution in [3.63, 3.8) is 0 Å². The maximum Gasteiger partial charge on any atom is 0.185 e. The van der Waals surface area contributed by atoms with Gasteiger partial charge in [-0.3, -0.25) is 0 Å². The Morgan fingerprint density at radius 3 is 2.85 bits per heavy atom. The quantitative estimate of drug-likeness (QED) is 0.580. The van der Waals surface area contributed by atoms with E-state index < -0.39 is 0 Å². The molecule has 1 aliphatic carbocycles. The number of nitrogens with zero attached hydrogens (tertiary/aromatic N) is 2. The Morgan fingerprint density at radius 2 is 2.15 bits per heavy atom. The van der Waals surface area contributed by atoms with Gasteiger partial charge in [-0.2, -0.15) is 0 Å². The van der Waals surface area contributed by atoms with Crippen LogP contribution >= 0.6 is 11.3 Å². The number of aromatic nitrogens is 1. The van der Waals surface area contributed by atoms with E-state index in [0.717, 1.165) is 31.3 Å².